The number of aliphatic hydroxyl groups excluding tert-OH is 1. The van der Waals surface area contributed by atoms with Crippen LogP contribution in [0, 0.1) is 22.2 Å². The molecule has 3 fully saturated rings. The molecule has 0 aromatic carbocycles. The van der Waals surface area contributed by atoms with Crippen molar-refractivity contribution in [1.29, 1.82) is 0 Å². The summed E-state index contributed by atoms with van der Waals surface area (Å²) in [5, 5.41) is 10.3. The molecule has 4 atom stereocenters. The Morgan fingerprint density at radius 1 is 1.25 bits per heavy atom. The molecule has 1 N–H and O–H groups in total. The predicted molar refractivity (Wildman–Crippen MR) is 61.9 cm³/mol. The van der Waals surface area contributed by atoms with Crippen LogP contribution in [-0.4, -0.2) is 17.0 Å². The Labute approximate surface area is 97.4 Å². The largest absolute Gasteiger partial charge is 0.393 e. The molecule has 0 unspecified atom stereocenters. The summed E-state index contributed by atoms with van der Waals surface area (Å²) in [6, 6.07) is 0. The van der Waals surface area contributed by atoms with Crippen molar-refractivity contribution in [2.75, 3.05) is 0 Å². The van der Waals surface area contributed by atoms with Crippen LogP contribution in [0.15, 0.2) is 0 Å². The molecule has 16 heavy (non-hydrogen) atoms. The lowest BCUT2D eigenvalue weighted by Crippen LogP contribution is -2.65. The maximum atomic E-state index is 12.4. The Morgan fingerprint density at radius 3 is 2.56 bits per heavy atom. The van der Waals surface area contributed by atoms with Gasteiger partial charge in [0.25, 0.3) is 0 Å². The van der Waals surface area contributed by atoms with Gasteiger partial charge in [0.1, 0.15) is 5.78 Å². The summed E-state index contributed by atoms with van der Waals surface area (Å²) in [5.74, 6) is 0.967. The van der Waals surface area contributed by atoms with E-state index in [9.17, 15) is 9.90 Å². The van der Waals surface area contributed by atoms with Crippen LogP contribution in [0.4, 0.5) is 0 Å². The van der Waals surface area contributed by atoms with Gasteiger partial charge in [0.2, 0.25) is 0 Å². The first-order valence-corrected chi connectivity index (χ1v) is 6.56. The first-order chi connectivity index (χ1) is 7.34. The smallest absolute Gasteiger partial charge is 0.140 e. The van der Waals surface area contributed by atoms with Crippen LogP contribution < -0.4 is 0 Å². The molecule has 2 heteroatoms. The number of hydrogen-bond acceptors (Lipinski definition) is 2. The maximum absolute atomic E-state index is 12.4. The van der Waals surface area contributed by atoms with Gasteiger partial charge in [0, 0.05) is 17.3 Å². The van der Waals surface area contributed by atoms with E-state index in [-0.39, 0.29) is 16.9 Å². The monoisotopic (exact) mass is 222 g/mol. The molecule has 0 aliphatic heterocycles. The second-order valence-electron chi connectivity index (χ2n) is 7.12. The molecular weight excluding hydrogens is 200 g/mol. The lowest BCUT2D eigenvalue weighted by atomic mass is 9.38. The molecular formula is C14H22O2. The Bertz CT molecular complexity index is 360. The molecule has 3 saturated carbocycles. The van der Waals surface area contributed by atoms with Gasteiger partial charge in [-0.25, -0.2) is 0 Å². The van der Waals surface area contributed by atoms with Crippen molar-refractivity contribution in [3.63, 3.8) is 0 Å². The second kappa shape index (κ2) is 2.72. The van der Waals surface area contributed by atoms with Crippen LogP contribution in [0.3, 0.4) is 0 Å². The van der Waals surface area contributed by atoms with Gasteiger partial charge in [-0.3, -0.25) is 4.79 Å². The fourth-order valence-corrected chi connectivity index (χ4v) is 5.29. The van der Waals surface area contributed by atoms with E-state index in [1.165, 1.54) is 0 Å². The van der Waals surface area contributed by atoms with Crippen molar-refractivity contribution < 1.29 is 9.90 Å². The highest BCUT2D eigenvalue weighted by Gasteiger charge is 2.74. The Hall–Kier alpha value is -0.370. The van der Waals surface area contributed by atoms with Crippen LogP contribution >= 0.6 is 0 Å². The molecule has 2 nitrogen and oxygen atoms in total. The van der Waals surface area contributed by atoms with Crippen LogP contribution in [0.1, 0.15) is 52.9 Å². The van der Waals surface area contributed by atoms with Gasteiger partial charge in [-0.05, 0) is 37.0 Å². The van der Waals surface area contributed by atoms with Gasteiger partial charge in [-0.1, -0.05) is 20.8 Å². The summed E-state index contributed by atoms with van der Waals surface area (Å²) >= 11 is 0. The van der Waals surface area contributed by atoms with Gasteiger partial charge in [0.15, 0.2) is 0 Å². The van der Waals surface area contributed by atoms with Crippen LogP contribution in [-0.2, 0) is 4.79 Å². The minimum atomic E-state index is -0.258. The number of aliphatic hydroxyl groups is 1. The summed E-state index contributed by atoms with van der Waals surface area (Å²) in [6.45, 7) is 6.72. The molecule has 3 aliphatic rings. The SMILES string of the molecule is CC1(C)C[C@@]23C(=O)CC[C@@H](O)[C@]2(C)CC[C@@H]13. The van der Waals surface area contributed by atoms with Crippen LogP contribution in [0.5, 0.6) is 0 Å². The van der Waals surface area contributed by atoms with Gasteiger partial charge in [-0.15, -0.1) is 0 Å². The molecule has 0 bridgehead atoms. The third kappa shape index (κ3) is 0.883. The van der Waals surface area contributed by atoms with Gasteiger partial charge in [0.05, 0.1) is 6.10 Å². The zero-order valence-electron chi connectivity index (χ0n) is 10.5. The van der Waals surface area contributed by atoms with Crippen molar-refractivity contribution in [2.45, 2.75) is 59.0 Å². The van der Waals surface area contributed by atoms with E-state index >= 15 is 0 Å². The lowest BCUT2D eigenvalue weighted by molar-refractivity contribution is -0.199. The van der Waals surface area contributed by atoms with E-state index in [1.807, 2.05) is 0 Å². The first-order valence-electron chi connectivity index (χ1n) is 6.56. The number of rotatable bonds is 0. The van der Waals surface area contributed by atoms with Gasteiger partial charge < -0.3 is 5.11 Å². The fourth-order valence-electron chi connectivity index (χ4n) is 5.29. The van der Waals surface area contributed by atoms with Crippen molar-refractivity contribution in [1.82, 2.24) is 0 Å². The quantitative estimate of drug-likeness (QED) is 0.684. The van der Waals surface area contributed by atoms with Crippen molar-refractivity contribution in [3.8, 4) is 0 Å². The normalized spacial score (nSPS) is 54.1. The van der Waals surface area contributed by atoms with E-state index in [2.05, 4.69) is 20.8 Å². The topological polar surface area (TPSA) is 37.3 Å². The summed E-state index contributed by atoms with van der Waals surface area (Å²) in [6.07, 6.45) is 4.19. The fraction of sp³-hybridized carbons (Fsp3) is 0.929. The van der Waals surface area contributed by atoms with Crippen molar-refractivity contribution >= 4 is 5.78 Å². The third-order valence-electron chi connectivity index (χ3n) is 6.12. The van der Waals surface area contributed by atoms with E-state index in [4.69, 9.17) is 0 Å². The number of ketones is 1. The molecule has 3 rings (SSSR count). The Morgan fingerprint density at radius 2 is 1.94 bits per heavy atom. The average Bonchev–Trinajstić information content (AvgIpc) is 2.45. The summed E-state index contributed by atoms with van der Waals surface area (Å²) in [5.41, 5.74) is 0.0289. The zero-order chi connectivity index (χ0) is 11.8. The Balaban J connectivity index is 2.08. The molecule has 0 aromatic heterocycles. The highest BCUT2D eigenvalue weighted by atomic mass is 16.3. The maximum Gasteiger partial charge on any atom is 0.140 e. The highest BCUT2D eigenvalue weighted by molar-refractivity contribution is 5.89. The van der Waals surface area contributed by atoms with Gasteiger partial charge >= 0.3 is 0 Å². The second-order valence-corrected chi connectivity index (χ2v) is 7.12. The average molecular weight is 222 g/mol. The zero-order valence-corrected chi connectivity index (χ0v) is 10.5. The predicted octanol–water partition coefficient (Wildman–Crippen LogP) is 2.54. The van der Waals surface area contributed by atoms with E-state index in [0.717, 1.165) is 19.3 Å². The van der Waals surface area contributed by atoms with Gasteiger partial charge in [-0.2, -0.15) is 0 Å². The van der Waals surface area contributed by atoms with Crippen molar-refractivity contribution in [3.05, 3.63) is 0 Å². The third-order valence-corrected chi connectivity index (χ3v) is 6.12. The number of hydrogen-bond donors (Lipinski definition) is 1. The number of carbonyl (C=O) groups excluding carboxylic acids is 1. The molecule has 0 amide bonds. The molecule has 0 radical (unpaired) electrons. The summed E-state index contributed by atoms with van der Waals surface area (Å²) < 4.78 is 0. The minimum absolute atomic E-state index is 0.122. The molecule has 3 aliphatic carbocycles. The summed E-state index contributed by atoms with van der Waals surface area (Å²) in [7, 11) is 0. The lowest BCUT2D eigenvalue weighted by Gasteiger charge is -2.64. The number of Topliss-reactive ketones (excluding diaryl/α,β-unsaturated/α-hetero) is 1. The molecule has 0 saturated heterocycles. The molecule has 0 heterocycles. The van der Waals surface area contributed by atoms with Crippen molar-refractivity contribution in [2.24, 2.45) is 22.2 Å². The highest BCUT2D eigenvalue weighted by Crippen LogP contribution is 2.76. The molecule has 90 valence electrons. The Kier molecular flexibility index (Phi) is 1.83. The van der Waals surface area contributed by atoms with E-state index < -0.39 is 0 Å². The van der Waals surface area contributed by atoms with Crippen LogP contribution in [0.25, 0.3) is 0 Å². The van der Waals surface area contributed by atoms with E-state index in [1.54, 1.807) is 0 Å². The number of carbonyl (C=O) groups is 1. The van der Waals surface area contributed by atoms with Crippen LogP contribution in [0.2, 0.25) is 0 Å². The minimum Gasteiger partial charge on any atom is -0.393 e. The molecule has 0 aromatic rings. The molecule has 1 spiro atoms. The van der Waals surface area contributed by atoms with E-state index in [0.29, 0.717) is 30.0 Å². The first kappa shape index (κ1) is 10.8. The summed E-state index contributed by atoms with van der Waals surface area (Å²) in [4.78, 5) is 12.4. The standard InChI is InChI=1S/C14H22O2/c1-12(2)8-14-9(12)6-7-13(14,3)10(15)4-5-11(14)16/h9-10,15H,4-8H2,1-3H3/t9-,10+,13-,14+/m0/s1.